The van der Waals surface area contributed by atoms with Crippen molar-refractivity contribution < 1.29 is 14.3 Å². The number of likely N-dealkylation sites (N-methyl/N-ethyl adjacent to an activating group) is 1. The number of amides is 2. The largest absolute Gasteiger partial charge is 0.445 e. The number of hydrogen-bond acceptors (Lipinski definition) is 4. The van der Waals surface area contributed by atoms with Gasteiger partial charge in [0, 0.05) is 18.7 Å². The Morgan fingerprint density at radius 3 is 2.32 bits per heavy atom. The van der Waals surface area contributed by atoms with E-state index < -0.39 is 9.08 Å². The van der Waals surface area contributed by atoms with Gasteiger partial charge in [-0.15, -0.1) is 0 Å². The van der Waals surface area contributed by atoms with Gasteiger partial charge in [0.1, 0.15) is 12.1 Å². The van der Waals surface area contributed by atoms with Crippen molar-refractivity contribution >= 4 is 40.3 Å². The Morgan fingerprint density at radius 2 is 1.74 bits per heavy atom. The van der Waals surface area contributed by atoms with Gasteiger partial charge in [-0.3, -0.25) is 9.69 Å². The minimum Gasteiger partial charge on any atom is -0.445 e. The van der Waals surface area contributed by atoms with Crippen LogP contribution in [-0.4, -0.2) is 39.6 Å². The van der Waals surface area contributed by atoms with Crippen LogP contribution in [0.4, 0.5) is 10.5 Å². The van der Waals surface area contributed by atoms with E-state index in [1.807, 2.05) is 69.3 Å². The van der Waals surface area contributed by atoms with Crippen LogP contribution in [0.15, 0.2) is 48.5 Å². The molecule has 3 rings (SSSR count). The van der Waals surface area contributed by atoms with Gasteiger partial charge in [0.05, 0.1) is 3.55 Å². The average molecular weight is 535 g/mol. The number of hydrogen-bond donors (Lipinski definition) is 2. The van der Waals surface area contributed by atoms with E-state index in [1.165, 1.54) is 0 Å². The fourth-order valence-electron chi connectivity index (χ4n) is 4.11. The van der Waals surface area contributed by atoms with Crippen LogP contribution in [0, 0.1) is 13.8 Å². The van der Waals surface area contributed by atoms with E-state index in [2.05, 4.69) is 33.2 Å². The summed E-state index contributed by atoms with van der Waals surface area (Å²) < 4.78 is 4.98. The number of carbonyl (C=O) groups excluding carboxylic acids is 2. The Hall–Kier alpha value is -2.13. The third kappa shape index (κ3) is 5.20. The van der Waals surface area contributed by atoms with E-state index in [-0.39, 0.29) is 18.6 Å². The Kier molecular flexibility index (Phi) is 7.26. The maximum atomic E-state index is 13.4. The predicted molar refractivity (Wildman–Crippen MR) is 131 cm³/mol. The van der Waals surface area contributed by atoms with Crippen molar-refractivity contribution in [2.24, 2.45) is 0 Å². The number of rotatable bonds is 5. The van der Waals surface area contributed by atoms with Crippen molar-refractivity contribution in [1.82, 2.24) is 10.2 Å². The lowest BCUT2D eigenvalue weighted by atomic mass is 9.82. The molecule has 166 valence electrons. The lowest BCUT2D eigenvalue weighted by Crippen LogP contribution is -2.65. The summed E-state index contributed by atoms with van der Waals surface area (Å²) in [6, 6.07) is 15.6. The second-order valence-electron chi connectivity index (χ2n) is 8.31. The van der Waals surface area contributed by atoms with E-state index in [9.17, 15) is 9.59 Å². The number of aryl methyl sites for hydroxylation is 2. The molecule has 1 aliphatic heterocycles. The van der Waals surface area contributed by atoms with Gasteiger partial charge < -0.3 is 15.4 Å². The summed E-state index contributed by atoms with van der Waals surface area (Å²) in [5, 5.41) is 6.38. The van der Waals surface area contributed by atoms with E-state index in [0.29, 0.717) is 19.4 Å². The summed E-state index contributed by atoms with van der Waals surface area (Å²) in [6.45, 7) is 6.60. The van der Waals surface area contributed by atoms with Gasteiger partial charge in [-0.05, 0) is 50.9 Å². The van der Waals surface area contributed by atoms with E-state index in [4.69, 9.17) is 4.74 Å². The number of carbonyl (C=O) groups is 2. The van der Waals surface area contributed by atoms with Crippen molar-refractivity contribution in [2.45, 2.75) is 49.3 Å². The van der Waals surface area contributed by atoms with Gasteiger partial charge in [0.2, 0.25) is 5.91 Å². The van der Waals surface area contributed by atoms with Crippen molar-refractivity contribution in [3.63, 3.8) is 0 Å². The summed E-state index contributed by atoms with van der Waals surface area (Å²) in [6.07, 6.45) is 0.605. The highest BCUT2D eigenvalue weighted by Gasteiger charge is 2.51. The van der Waals surface area contributed by atoms with Gasteiger partial charge >= 0.3 is 6.09 Å². The molecule has 6 nitrogen and oxygen atoms in total. The van der Waals surface area contributed by atoms with Crippen LogP contribution < -0.4 is 10.6 Å². The number of likely N-dealkylation sites (tertiary alicyclic amines) is 1. The van der Waals surface area contributed by atoms with Gasteiger partial charge in [-0.25, -0.2) is 4.79 Å². The van der Waals surface area contributed by atoms with E-state index >= 15 is 0 Å². The third-order valence-electron chi connectivity index (χ3n) is 6.01. The number of benzene rings is 2. The number of piperidine rings is 1. The molecule has 0 aliphatic carbocycles. The van der Waals surface area contributed by atoms with Crippen LogP contribution in [0.2, 0.25) is 0 Å². The van der Waals surface area contributed by atoms with Crippen LogP contribution >= 0.6 is 22.6 Å². The van der Waals surface area contributed by atoms with E-state index in [0.717, 1.165) is 22.4 Å². The van der Waals surface area contributed by atoms with Crippen molar-refractivity contribution in [3.05, 3.63) is 65.2 Å². The molecule has 1 saturated heterocycles. The SMILES string of the molecule is CNC1(C(=O)Nc2c(C)cccc2C)CCN(C(=O)OCc2ccccc2)C(C)(I)C1. The number of alkyl halides is 1. The maximum Gasteiger partial charge on any atom is 0.411 e. The molecule has 2 atom stereocenters. The Labute approximate surface area is 197 Å². The molecule has 1 fully saturated rings. The molecule has 2 unspecified atom stereocenters. The summed E-state index contributed by atoms with van der Waals surface area (Å²) in [5.41, 5.74) is 3.07. The standard InChI is InChI=1S/C24H30IN3O3/c1-17-9-8-10-18(2)20(17)27-21(29)24(26-4)13-14-28(23(3,25)16-24)22(30)31-15-19-11-6-5-7-12-19/h5-12,26H,13-16H2,1-4H3,(H,27,29). The molecule has 31 heavy (non-hydrogen) atoms. The van der Waals surface area contributed by atoms with Crippen LogP contribution in [0.5, 0.6) is 0 Å². The normalized spacial score (nSPS) is 23.3. The molecule has 2 aromatic rings. The van der Waals surface area contributed by atoms with Gasteiger partial charge in [-0.1, -0.05) is 71.1 Å². The molecule has 2 amide bonds. The zero-order chi connectivity index (χ0) is 22.6. The zero-order valence-corrected chi connectivity index (χ0v) is 20.7. The maximum absolute atomic E-state index is 13.4. The number of para-hydroxylation sites is 1. The van der Waals surface area contributed by atoms with Gasteiger partial charge in [0.25, 0.3) is 0 Å². The van der Waals surface area contributed by atoms with Crippen LogP contribution in [-0.2, 0) is 16.1 Å². The number of nitrogens with zero attached hydrogens (tertiary/aromatic N) is 1. The molecule has 1 heterocycles. The first-order valence-electron chi connectivity index (χ1n) is 10.4. The summed E-state index contributed by atoms with van der Waals surface area (Å²) in [4.78, 5) is 27.9. The molecule has 1 aliphatic rings. The minimum atomic E-state index is -0.777. The summed E-state index contributed by atoms with van der Waals surface area (Å²) in [7, 11) is 1.81. The first-order chi connectivity index (χ1) is 14.7. The van der Waals surface area contributed by atoms with Crippen molar-refractivity contribution in [2.75, 3.05) is 18.9 Å². The number of ether oxygens (including phenoxy) is 1. The van der Waals surface area contributed by atoms with Gasteiger partial charge in [0.15, 0.2) is 0 Å². The predicted octanol–water partition coefficient (Wildman–Crippen LogP) is 4.78. The number of nitrogens with one attached hydrogen (secondary N) is 2. The highest BCUT2D eigenvalue weighted by atomic mass is 127. The second-order valence-corrected chi connectivity index (χ2v) is 10.6. The number of halogens is 1. The molecule has 7 heteroatoms. The topological polar surface area (TPSA) is 70.7 Å². The lowest BCUT2D eigenvalue weighted by molar-refractivity contribution is -0.125. The Balaban J connectivity index is 1.71. The summed E-state index contributed by atoms with van der Waals surface area (Å²) >= 11 is 2.25. The van der Waals surface area contributed by atoms with Crippen LogP contribution in [0.3, 0.4) is 0 Å². The Bertz CT molecular complexity index is 928. The van der Waals surface area contributed by atoms with Gasteiger partial charge in [-0.2, -0.15) is 0 Å². The first-order valence-corrected chi connectivity index (χ1v) is 11.5. The molecule has 0 aromatic heterocycles. The molecule has 0 saturated carbocycles. The number of anilines is 1. The summed E-state index contributed by atoms with van der Waals surface area (Å²) in [5.74, 6) is -0.0763. The Morgan fingerprint density at radius 1 is 1.10 bits per heavy atom. The molecule has 0 radical (unpaired) electrons. The quantitative estimate of drug-likeness (QED) is 0.329. The third-order valence-corrected chi connectivity index (χ3v) is 6.97. The molecule has 2 N–H and O–H groups in total. The monoisotopic (exact) mass is 535 g/mol. The molecule has 0 spiro atoms. The molecule has 0 bridgehead atoms. The molecule has 2 aromatic carbocycles. The fraction of sp³-hybridized carbons (Fsp3) is 0.417. The zero-order valence-electron chi connectivity index (χ0n) is 18.5. The smallest absolute Gasteiger partial charge is 0.411 e. The average Bonchev–Trinajstić information content (AvgIpc) is 2.74. The van der Waals surface area contributed by atoms with E-state index in [1.54, 1.807) is 11.9 Å². The highest BCUT2D eigenvalue weighted by molar-refractivity contribution is 14.1. The van der Waals surface area contributed by atoms with Crippen molar-refractivity contribution in [3.8, 4) is 0 Å². The van der Waals surface area contributed by atoms with Crippen LogP contribution in [0.1, 0.15) is 36.5 Å². The van der Waals surface area contributed by atoms with Crippen LogP contribution in [0.25, 0.3) is 0 Å². The van der Waals surface area contributed by atoms with Crippen molar-refractivity contribution in [1.29, 1.82) is 0 Å². The minimum absolute atomic E-state index is 0.0763. The fourth-order valence-corrected chi connectivity index (χ4v) is 5.20. The molecular formula is C24H30IN3O3. The highest BCUT2D eigenvalue weighted by Crippen LogP contribution is 2.40. The molecular weight excluding hydrogens is 505 g/mol. The first kappa shape index (κ1) is 23.5. The second kappa shape index (κ2) is 9.56. The lowest BCUT2D eigenvalue weighted by Gasteiger charge is -2.48.